The van der Waals surface area contributed by atoms with E-state index in [0.29, 0.717) is 25.4 Å². The van der Waals surface area contributed by atoms with E-state index in [0.717, 1.165) is 11.4 Å². The van der Waals surface area contributed by atoms with Gasteiger partial charge in [0.1, 0.15) is 5.82 Å². The van der Waals surface area contributed by atoms with E-state index in [-0.39, 0.29) is 11.9 Å². The summed E-state index contributed by atoms with van der Waals surface area (Å²) in [6.45, 7) is 5.24. The number of imidazole rings is 1. The van der Waals surface area contributed by atoms with Gasteiger partial charge in [0, 0.05) is 61.0 Å². The molecule has 7 heteroatoms. The maximum Gasteiger partial charge on any atom is 0.222 e. The number of hydrogen-bond acceptors (Lipinski definition) is 4. The van der Waals surface area contributed by atoms with Crippen molar-refractivity contribution in [2.75, 3.05) is 6.54 Å². The smallest absolute Gasteiger partial charge is 0.222 e. The molecule has 1 unspecified atom stereocenters. The molecule has 7 nitrogen and oxygen atoms in total. The van der Waals surface area contributed by atoms with Crippen molar-refractivity contribution in [2.45, 2.75) is 51.6 Å². The van der Waals surface area contributed by atoms with Crippen LogP contribution in [0.15, 0.2) is 43.1 Å². The lowest BCUT2D eigenvalue weighted by molar-refractivity contribution is -0.121. The lowest BCUT2D eigenvalue weighted by Crippen LogP contribution is -2.29. The summed E-state index contributed by atoms with van der Waals surface area (Å²) in [5.74, 6) is 1.55. The van der Waals surface area contributed by atoms with Crippen LogP contribution in [0.2, 0.25) is 0 Å². The average Bonchev–Trinajstić information content (AvgIpc) is 3.30. The number of pyridine rings is 1. The minimum Gasteiger partial charge on any atom is -0.354 e. The number of aryl methyl sites for hydroxylation is 1. The zero-order valence-corrected chi connectivity index (χ0v) is 16.4. The maximum atomic E-state index is 12.3. The molecule has 1 aliphatic rings. The quantitative estimate of drug-likeness (QED) is 0.653. The molecule has 0 saturated heterocycles. The lowest BCUT2D eigenvalue weighted by atomic mass is 10.1. The largest absolute Gasteiger partial charge is 0.354 e. The molecule has 0 bridgehead atoms. The Bertz CT molecular complexity index is 941. The number of carbonyl (C=O) groups excluding carboxylic acids is 1. The second-order valence-electron chi connectivity index (χ2n) is 7.46. The molecule has 3 aromatic heterocycles. The molecule has 1 N–H and O–H groups in total. The van der Waals surface area contributed by atoms with E-state index in [2.05, 4.69) is 25.1 Å². The summed E-state index contributed by atoms with van der Waals surface area (Å²) in [5.41, 5.74) is 3.61. The standard InChI is InChI=1S/C21H26N6O/c1-15(26-11-9-23-16(26)2)13-20(28)24-10-12-27-21(18-3-4-18)19(14-25-27)17-5-7-22-8-6-17/h5-9,11,14-15,18H,3-4,10,12-13H2,1-2H3,(H,24,28). The zero-order valence-electron chi connectivity index (χ0n) is 16.4. The molecule has 3 heterocycles. The SMILES string of the molecule is Cc1nccn1C(C)CC(=O)NCCn1ncc(-c2ccncc2)c1C1CC1. The number of amides is 1. The van der Waals surface area contributed by atoms with Gasteiger partial charge in [-0.25, -0.2) is 4.98 Å². The Morgan fingerprint density at radius 3 is 2.75 bits per heavy atom. The van der Waals surface area contributed by atoms with Crippen LogP contribution in [0.4, 0.5) is 0 Å². The minimum absolute atomic E-state index is 0.0510. The highest BCUT2D eigenvalue weighted by Crippen LogP contribution is 2.44. The van der Waals surface area contributed by atoms with E-state index >= 15 is 0 Å². The molecule has 146 valence electrons. The van der Waals surface area contributed by atoms with Crippen LogP contribution in [0.5, 0.6) is 0 Å². The number of nitrogens with one attached hydrogen (secondary N) is 1. The van der Waals surface area contributed by atoms with E-state index in [1.54, 1.807) is 6.20 Å². The van der Waals surface area contributed by atoms with Gasteiger partial charge in [-0.2, -0.15) is 5.10 Å². The van der Waals surface area contributed by atoms with Crippen molar-refractivity contribution in [1.29, 1.82) is 0 Å². The summed E-state index contributed by atoms with van der Waals surface area (Å²) in [5, 5.41) is 7.63. The van der Waals surface area contributed by atoms with Crippen LogP contribution in [-0.2, 0) is 11.3 Å². The fourth-order valence-electron chi connectivity index (χ4n) is 3.71. The molecule has 1 saturated carbocycles. The van der Waals surface area contributed by atoms with Gasteiger partial charge >= 0.3 is 0 Å². The Morgan fingerprint density at radius 1 is 1.29 bits per heavy atom. The Hall–Kier alpha value is -2.96. The molecule has 0 aliphatic heterocycles. The Kier molecular flexibility index (Phi) is 5.23. The van der Waals surface area contributed by atoms with E-state index in [4.69, 9.17) is 0 Å². The highest BCUT2D eigenvalue weighted by atomic mass is 16.1. The van der Waals surface area contributed by atoms with Crippen molar-refractivity contribution in [3.05, 3.63) is 54.6 Å². The third-order valence-electron chi connectivity index (χ3n) is 5.30. The summed E-state index contributed by atoms with van der Waals surface area (Å²) >= 11 is 0. The molecular weight excluding hydrogens is 352 g/mol. The summed E-state index contributed by atoms with van der Waals surface area (Å²) in [7, 11) is 0. The van der Waals surface area contributed by atoms with Crippen molar-refractivity contribution in [3.63, 3.8) is 0 Å². The first-order valence-electron chi connectivity index (χ1n) is 9.85. The van der Waals surface area contributed by atoms with Crippen molar-refractivity contribution in [3.8, 4) is 11.1 Å². The minimum atomic E-state index is 0.0510. The van der Waals surface area contributed by atoms with Gasteiger partial charge < -0.3 is 9.88 Å². The van der Waals surface area contributed by atoms with Crippen LogP contribution < -0.4 is 5.32 Å². The number of aromatic nitrogens is 5. The highest BCUT2D eigenvalue weighted by molar-refractivity contribution is 5.76. The van der Waals surface area contributed by atoms with Gasteiger partial charge in [-0.1, -0.05) is 0 Å². The van der Waals surface area contributed by atoms with Gasteiger partial charge in [-0.05, 0) is 44.4 Å². The molecule has 28 heavy (non-hydrogen) atoms. The second kappa shape index (κ2) is 7.96. The van der Waals surface area contributed by atoms with Crippen molar-refractivity contribution in [2.24, 2.45) is 0 Å². The molecular formula is C21H26N6O. The van der Waals surface area contributed by atoms with Crippen LogP contribution in [0.3, 0.4) is 0 Å². The van der Waals surface area contributed by atoms with Crippen molar-refractivity contribution < 1.29 is 4.79 Å². The number of nitrogens with zero attached hydrogens (tertiary/aromatic N) is 5. The van der Waals surface area contributed by atoms with E-state index in [1.165, 1.54) is 24.1 Å². The lowest BCUT2D eigenvalue weighted by Gasteiger charge is -2.15. The van der Waals surface area contributed by atoms with Crippen LogP contribution in [0.1, 0.15) is 49.7 Å². The predicted octanol–water partition coefficient (Wildman–Crippen LogP) is 3.09. The topological polar surface area (TPSA) is 77.6 Å². The summed E-state index contributed by atoms with van der Waals surface area (Å²) in [4.78, 5) is 20.7. The van der Waals surface area contributed by atoms with Gasteiger partial charge in [-0.15, -0.1) is 0 Å². The Morgan fingerprint density at radius 2 is 2.07 bits per heavy atom. The molecule has 0 radical (unpaired) electrons. The molecule has 1 fully saturated rings. The fourth-order valence-corrected chi connectivity index (χ4v) is 3.71. The predicted molar refractivity (Wildman–Crippen MR) is 107 cm³/mol. The van der Waals surface area contributed by atoms with Gasteiger partial charge in [0.2, 0.25) is 5.91 Å². The first kappa shape index (κ1) is 18.4. The Labute approximate surface area is 164 Å². The maximum absolute atomic E-state index is 12.3. The summed E-state index contributed by atoms with van der Waals surface area (Å²) in [6, 6.07) is 4.13. The van der Waals surface area contributed by atoms with E-state index < -0.39 is 0 Å². The number of carbonyl (C=O) groups is 1. The third-order valence-corrected chi connectivity index (χ3v) is 5.30. The first-order valence-corrected chi connectivity index (χ1v) is 9.85. The van der Waals surface area contributed by atoms with Crippen LogP contribution in [0, 0.1) is 6.92 Å². The van der Waals surface area contributed by atoms with Crippen LogP contribution in [0.25, 0.3) is 11.1 Å². The molecule has 1 amide bonds. The first-order chi connectivity index (χ1) is 13.6. The number of hydrogen-bond donors (Lipinski definition) is 1. The highest BCUT2D eigenvalue weighted by Gasteiger charge is 2.30. The van der Waals surface area contributed by atoms with Gasteiger partial charge in [0.05, 0.1) is 12.7 Å². The van der Waals surface area contributed by atoms with E-state index in [1.807, 2.05) is 55.3 Å². The number of rotatable bonds is 8. The molecule has 3 aromatic rings. The average molecular weight is 378 g/mol. The van der Waals surface area contributed by atoms with Gasteiger partial charge in [0.25, 0.3) is 0 Å². The summed E-state index contributed by atoms with van der Waals surface area (Å²) in [6.07, 6.45) is 12.1. The molecule has 1 atom stereocenters. The molecule has 1 aliphatic carbocycles. The summed E-state index contributed by atoms with van der Waals surface area (Å²) < 4.78 is 4.08. The normalized spacial score (nSPS) is 14.8. The Balaban J connectivity index is 1.36. The fraction of sp³-hybridized carbons (Fsp3) is 0.429. The second-order valence-corrected chi connectivity index (χ2v) is 7.46. The van der Waals surface area contributed by atoms with E-state index in [9.17, 15) is 4.79 Å². The third kappa shape index (κ3) is 3.98. The van der Waals surface area contributed by atoms with Gasteiger partial charge in [0.15, 0.2) is 0 Å². The zero-order chi connectivity index (χ0) is 19.5. The van der Waals surface area contributed by atoms with Crippen molar-refractivity contribution >= 4 is 5.91 Å². The van der Waals surface area contributed by atoms with Crippen LogP contribution in [-0.4, -0.2) is 36.8 Å². The van der Waals surface area contributed by atoms with Crippen LogP contribution >= 0.6 is 0 Å². The van der Waals surface area contributed by atoms with Crippen molar-refractivity contribution in [1.82, 2.24) is 29.6 Å². The monoisotopic (exact) mass is 378 g/mol. The molecule has 4 rings (SSSR count). The molecule has 0 aromatic carbocycles. The molecule has 0 spiro atoms. The van der Waals surface area contributed by atoms with Gasteiger partial charge in [-0.3, -0.25) is 14.5 Å².